The Kier molecular flexibility index (Phi) is 4.04. The molecule has 0 spiro atoms. The van der Waals surface area contributed by atoms with Gasteiger partial charge in [0.1, 0.15) is 0 Å². The summed E-state index contributed by atoms with van der Waals surface area (Å²) in [7, 11) is 0. The number of amides is 2. The minimum absolute atomic E-state index is 0.0349. The summed E-state index contributed by atoms with van der Waals surface area (Å²) in [5.74, 6) is 0.166. The van der Waals surface area contributed by atoms with Gasteiger partial charge < -0.3 is 10.2 Å². The molecule has 0 radical (unpaired) electrons. The Morgan fingerprint density at radius 1 is 1.48 bits per heavy atom. The first-order valence-electron chi connectivity index (χ1n) is 8.05. The van der Waals surface area contributed by atoms with Crippen LogP contribution < -0.4 is 10.2 Å². The third-order valence-electron chi connectivity index (χ3n) is 4.21. The molecule has 1 aliphatic carbocycles. The van der Waals surface area contributed by atoms with Crippen molar-refractivity contribution in [1.29, 1.82) is 0 Å². The predicted octanol–water partition coefficient (Wildman–Crippen LogP) is 2.38. The Balaban J connectivity index is 1.66. The summed E-state index contributed by atoms with van der Waals surface area (Å²) in [6.07, 6.45) is 5.16. The number of hydrogen-bond acceptors (Lipinski definition) is 5. The molecular formula is C17H17N5O2S. The van der Waals surface area contributed by atoms with E-state index in [1.54, 1.807) is 11.1 Å². The van der Waals surface area contributed by atoms with Crippen LogP contribution >= 0.6 is 11.8 Å². The maximum atomic E-state index is 12.4. The van der Waals surface area contributed by atoms with Gasteiger partial charge >= 0.3 is 0 Å². The first-order valence-corrected chi connectivity index (χ1v) is 9.04. The van der Waals surface area contributed by atoms with E-state index in [0.29, 0.717) is 24.0 Å². The Labute approximate surface area is 149 Å². The molecule has 0 atom stereocenters. The number of carbonyl (C=O) groups excluding carboxylic acids is 2. The monoisotopic (exact) mass is 355 g/mol. The number of nitrogens with one attached hydrogen (secondary N) is 1. The van der Waals surface area contributed by atoms with Crippen molar-refractivity contribution in [3.8, 4) is 0 Å². The van der Waals surface area contributed by atoms with Gasteiger partial charge in [-0.2, -0.15) is 0 Å². The highest BCUT2D eigenvalue weighted by Gasteiger charge is 2.28. The van der Waals surface area contributed by atoms with Crippen LogP contribution in [0.3, 0.4) is 0 Å². The molecular weight excluding hydrogens is 338 g/mol. The van der Waals surface area contributed by atoms with Crippen molar-refractivity contribution in [2.75, 3.05) is 16.0 Å². The van der Waals surface area contributed by atoms with Crippen molar-refractivity contribution in [3.05, 3.63) is 42.7 Å². The van der Waals surface area contributed by atoms with E-state index < -0.39 is 0 Å². The largest absolute Gasteiger partial charge is 0.324 e. The van der Waals surface area contributed by atoms with E-state index in [-0.39, 0.29) is 11.8 Å². The van der Waals surface area contributed by atoms with E-state index in [9.17, 15) is 9.59 Å². The van der Waals surface area contributed by atoms with Gasteiger partial charge in [-0.25, -0.2) is 4.68 Å². The maximum absolute atomic E-state index is 12.4. The third kappa shape index (κ3) is 3.17. The van der Waals surface area contributed by atoms with E-state index >= 15 is 0 Å². The molecule has 8 heteroatoms. The molecule has 2 aliphatic rings. The summed E-state index contributed by atoms with van der Waals surface area (Å²) >= 11 is 1.49. The summed E-state index contributed by atoms with van der Waals surface area (Å²) in [4.78, 5) is 26.7. The molecule has 0 bridgehead atoms. The molecule has 1 saturated carbocycles. The van der Waals surface area contributed by atoms with Crippen molar-refractivity contribution in [2.24, 2.45) is 0 Å². The van der Waals surface area contributed by atoms with Crippen LogP contribution in [0.2, 0.25) is 0 Å². The van der Waals surface area contributed by atoms with Crippen LogP contribution in [0.5, 0.6) is 0 Å². The summed E-state index contributed by atoms with van der Waals surface area (Å²) < 4.78 is 1.89. The van der Waals surface area contributed by atoms with Crippen LogP contribution in [0.15, 0.2) is 41.9 Å². The van der Waals surface area contributed by atoms with E-state index in [1.807, 2.05) is 22.9 Å². The Bertz CT molecular complexity index is 858. The van der Waals surface area contributed by atoms with Crippen molar-refractivity contribution >= 4 is 35.0 Å². The predicted molar refractivity (Wildman–Crippen MR) is 95.5 cm³/mol. The zero-order valence-corrected chi connectivity index (χ0v) is 14.3. The summed E-state index contributed by atoms with van der Waals surface area (Å²) in [5, 5.41) is 11.0. The summed E-state index contributed by atoms with van der Waals surface area (Å²) in [6, 6.07) is 6.02. The van der Waals surface area contributed by atoms with Crippen LogP contribution in [0.4, 0.5) is 11.4 Å². The third-order valence-corrected chi connectivity index (χ3v) is 5.28. The lowest BCUT2D eigenvalue weighted by atomic mass is 10.2. The highest BCUT2D eigenvalue weighted by molar-refractivity contribution is 8.00. The average molecular weight is 355 g/mol. The Morgan fingerprint density at radius 3 is 3.08 bits per heavy atom. The van der Waals surface area contributed by atoms with Crippen LogP contribution in [0.1, 0.15) is 24.6 Å². The lowest BCUT2D eigenvalue weighted by Crippen LogP contribution is -2.30. The van der Waals surface area contributed by atoms with E-state index in [4.69, 9.17) is 0 Å². The molecule has 1 aromatic carbocycles. The first-order chi connectivity index (χ1) is 12.2. The maximum Gasteiger partial charge on any atom is 0.250 e. The molecule has 2 amide bonds. The number of fused-ring (bicyclic) bond motifs is 1. The SMILES string of the molecule is C=CC(=O)N(Cc1cnnn1C1CC1)c1ccc2c(c1)NC(=O)CS2. The second kappa shape index (κ2) is 6.36. The molecule has 0 unspecified atom stereocenters. The standard InChI is InChI=1S/C17H17N5O2S/c1-2-17(24)21(9-13-8-18-20-22(13)11-3-4-11)12-5-6-15-14(7-12)19-16(23)10-25-15/h2,5-8,11H,1,3-4,9-10H2,(H,19,23). The fraction of sp³-hybridized carbons (Fsp3) is 0.294. The van der Waals surface area contributed by atoms with Crippen molar-refractivity contribution in [3.63, 3.8) is 0 Å². The molecule has 1 aliphatic heterocycles. The zero-order chi connectivity index (χ0) is 17.4. The Hall–Kier alpha value is -2.61. The fourth-order valence-electron chi connectivity index (χ4n) is 2.81. The Morgan fingerprint density at radius 2 is 2.32 bits per heavy atom. The van der Waals surface area contributed by atoms with Crippen LogP contribution in [-0.4, -0.2) is 32.6 Å². The summed E-state index contributed by atoms with van der Waals surface area (Å²) in [5.41, 5.74) is 2.32. The molecule has 1 N–H and O–H groups in total. The lowest BCUT2D eigenvalue weighted by molar-refractivity contribution is -0.114. The topological polar surface area (TPSA) is 80.1 Å². The number of nitrogens with zero attached hydrogens (tertiary/aromatic N) is 4. The lowest BCUT2D eigenvalue weighted by Gasteiger charge is -2.24. The molecule has 128 valence electrons. The van der Waals surface area contributed by atoms with Crippen LogP contribution in [0.25, 0.3) is 0 Å². The van der Waals surface area contributed by atoms with Gasteiger partial charge in [0.2, 0.25) is 5.91 Å². The van der Waals surface area contributed by atoms with Crippen LogP contribution in [-0.2, 0) is 16.1 Å². The molecule has 4 rings (SSSR count). The second-order valence-electron chi connectivity index (χ2n) is 6.05. The highest BCUT2D eigenvalue weighted by Crippen LogP contribution is 2.37. The number of aromatic nitrogens is 3. The van der Waals surface area contributed by atoms with Gasteiger partial charge in [-0.1, -0.05) is 11.8 Å². The van der Waals surface area contributed by atoms with Gasteiger partial charge in [-0.3, -0.25) is 9.59 Å². The minimum atomic E-state index is -0.210. The number of hydrogen-bond donors (Lipinski definition) is 1. The van der Waals surface area contributed by atoms with E-state index in [2.05, 4.69) is 22.2 Å². The van der Waals surface area contributed by atoms with Crippen molar-refractivity contribution in [1.82, 2.24) is 15.0 Å². The van der Waals surface area contributed by atoms with Gasteiger partial charge in [-0.15, -0.1) is 16.9 Å². The van der Waals surface area contributed by atoms with Crippen molar-refractivity contribution in [2.45, 2.75) is 30.3 Å². The minimum Gasteiger partial charge on any atom is -0.324 e. The number of carbonyl (C=O) groups is 2. The molecule has 1 fully saturated rings. The fourth-order valence-corrected chi connectivity index (χ4v) is 3.60. The second-order valence-corrected chi connectivity index (χ2v) is 7.06. The van der Waals surface area contributed by atoms with E-state index in [1.165, 1.54) is 17.8 Å². The van der Waals surface area contributed by atoms with Crippen LogP contribution in [0, 0.1) is 0 Å². The zero-order valence-electron chi connectivity index (χ0n) is 13.5. The molecule has 7 nitrogen and oxygen atoms in total. The molecule has 2 heterocycles. The first kappa shape index (κ1) is 15.9. The highest BCUT2D eigenvalue weighted by atomic mass is 32.2. The number of rotatable bonds is 5. The van der Waals surface area contributed by atoms with Gasteiger partial charge in [0.25, 0.3) is 5.91 Å². The van der Waals surface area contributed by atoms with E-state index in [0.717, 1.165) is 29.1 Å². The summed E-state index contributed by atoms with van der Waals surface area (Å²) in [6.45, 7) is 3.96. The quantitative estimate of drug-likeness (QED) is 0.833. The molecule has 25 heavy (non-hydrogen) atoms. The molecule has 0 saturated heterocycles. The smallest absolute Gasteiger partial charge is 0.250 e. The van der Waals surface area contributed by atoms with Gasteiger partial charge in [0, 0.05) is 10.6 Å². The number of anilines is 2. The number of thioether (sulfide) groups is 1. The number of benzene rings is 1. The normalized spacial score (nSPS) is 16.1. The van der Waals surface area contributed by atoms with Crippen molar-refractivity contribution < 1.29 is 9.59 Å². The van der Waals surface area contributed by atoms with Gasteiger partial charge in [0.05, 0.1) is 35.9 Å². The molecule has 2 aromatic rings. The van der Waals surface area contributed by atoms with Gasteiger partial charge in [0.15, 0.2) is 0 Å². The van der Waals surface area contributed by atoms with Gasteiger partial charge in [-0.05, 0) is 37.1 Å². The molecule has 1 aromatic heterocycles. The average Bonchev–Trinajstić information content (AvgIpc) is 3.37.